The van der Waals surface area contributed by atoms with Gasteiger partial charge in [0.15, 0.2) is 0 Å². The predicted octanol–water partition coefficient (Wildman–Crippen LogP) is 4.21. The van der Waals surface area contributed by atoms with Gasteiger partial charge in [0.1, 0.15) is 0 Å². The number of anilines is 1. The summed E-state index contributed by atoms with van der Waals surface area (Å²) < 4.78 is 0. The maximum absolute atomic E-state index is 13.1. The van der Waals surface area contributed by atoms with Gasteiger partial charge in [-0.3, -0.25) is 14.6 Å². The van der Waals surface area contributed by atoms with Crippen molar-refractivity contribution in [3.8, 4) is 0 Å². The average Bonchev–Trinajstić information content (AvgIpc) is 3.29. The van der Waals surface area contributed by atoms with Crippen LogP contribution in [0.15, 0.2) is 78.2 Å². The Morgan fingerprint density at radius 3 is 2.14 bits per heavy atom. The maximum Gasteiger partial charge on any atom is 0.258 e. The van der Waals surface area contributed by atoms with E-state index in [4.69, 9.17) is 0 Å². The first kappa shape index (κ1) is 19.8. The van der Waals surface area contributed by atoms with Crippen molar-refractivity contribution in [2.24, 2.45) is 0 Å². The Labute approximate surface area is 177 Å². The molecule has 29 heavy (non-hydrogen) atoms. The van der Waals surface area contributed by atoms with Crippen molar-refractivity contribution in [1.29, 1.82) is 0 Å². The second kappa shape index (κ2) is 9.83. The minimum absolute atomic E-state index is 0.0631. The molecule has 1 fully saturated rings. The van der Waals surface area contributed by atoms with E-state index < -0.39 is 0 Å². The van der Waals surface area contributed by atoms with Gasteiger partial charge >= 0.3 is 0 Å². The van der Waals surface area contributed by atoms with Crippen molar-refractivity contribution < 1.29 is 4.79 Å². The van der Waals surface area contributed by atoms with E-state index in [1.165, 1.54) is 4.88 Å². The summed E-state index contributed by atoms with van der Waals surface area (Å²) in [7, 11) is 0. The van der Waals surface area contributed by atoms with E-state index in [-0.39, 0.29) is 5.91 Å². The van der Waals surface area contributed by atoms with Crippen LogP contribution >= 0.6 is 11.3 Å². The highest BCUT2D eigenvalue weighted by Crippen LogP contribution is 2.18. The zero-order valence-corrected chi connectivity index (χ0v) is 17.4. The average molecular weight is 406 g/mol. The standard InChI is InChI=1S/C24H27N3OS/c28-24(21-8-3-1-4-9-21)27(22-10-5-2-6-11-22)18-17-25-13-15-26(16-14-25)20-23-12-7-19-29-23/h1-12,19H,13-18,20H2. The molecule has 0 saturated carbocycles. The first-order chi connectivity index (χ1) is 14.3. The number of piperazine rings is 1. The quantitative estimate of drug-likeness (QED) is 0.589. The van der Waals surface area contributed by atoms with Crippen LogP contribution in [-0.2, 0) is 6.54 Å². The lowest BCUT2D eigenvalue weighted by atomic mass is 10.1. The molecule has 2 aromatic carbocycles. The van der Waals surface area contributed by atoms with E-state index in [0.717, 1.165) is 50.5 Å². The highest BCUT2D eigenvalue weighted by molar-refractivity contribution is 7.09. The van der Waals surface area contributed by atoms with E-state index >= 15 is 0 Å². The van der Waals surface area contributed by atoms with Crippen molar-refractivity contribution in [3.63, 3.8) is 0 Å². The third-order valence-corrected chi connectivity index (χ3v) is 6.26. The van der Waals surface area contributed by atoms with E-state index in [1.54, 1.807) is 0 Å². The molecular formula is C24H27N3OS. The van der Waals surface area contributed by atoms with E-state index in [1.807, 2.05) is 76.9 Å². The highest BCUT2D eigenvalue weighted by Gasteiger charge is 2.21. The summed E-state index contributed by atoms with van der Waals surface area (Å²) in [5.41, 5.74) is 1.69. The van der Waals surface area contributed by atoms with Crippen LogP contribution in [0.25, 0.3) is 0 Å². The van der Waals surface area contributed by atoms with Crippen molar-refractivity contribution in [2.45, 2.75) is 6.54 Å². The molecule has 5 heteroatoms. The van der Waals surface area contributed by atoms with Gasteiger partial charge in [0.05, 0.1) is 0 Å². The Balaban J connectivity index is 1.35. The zero-order valence-electron chi connectivity index (χ0n) is 16.6. The Morgan fingerprint density at radius 2 is 1.48 bits per heavy atom. The van der Waals surface area contributed by atoms with Gasteiger partial charge < -0.3 is 4.90 Å². The van der Waals surface area contributed by atoms with Gasteiger partial charge in [0.25, 0.3) is 5.91 Å². The molecule has 0 unspecified atom stereocenters. The smallest absolute Gasteiger partial charge is 0.258 e. The summed E-state index contributed by atoms with van der Waals surface area (Å²) in [6.07, 6.45) is 0. The molecule has 1 saturated heterocycles. The molecule has 0 bridgehead atoms. The molecule has 0 aliphatic carbocycles. The lowest BCUT2D eigenvalue weighted by Crippen LogP contribution is -2.48. The fourth-order valence-electron chi connectivity index (χ4n) is 3.73. The summed E-state index contributed by atoms with van der Waals surface area (Å²) in [4.78, 5) is 21.5. The third-order valence-electron chi connectivity index (χ3n) is 5.40. The van der Waals surface area contributed by atoms with E-state index in [2.05, 4.69) is 27.3 Å². The minimum Gasteiger partial charge on any atom is -0.307 e. The van der Waals surface area contributed by atoms with Crippen LogP contribution in [0, 0.1) is 0 Å². The molecule has 0 N–H and O–H groups in total. The topological polar surface area (TPSA) is 26.8 Å². The van der Waals surface area contributed by atoms with Gasteiger partial charge in [0, 0.05) is 61.9 Å². The summed E-state index contributed by atoms with van der Waals surface area (Å²) >= 11 is 1.83. The molecule has 1 aromatic heterocycles. The number of rotatable bonds is 7. The number of para-hydroxylation sites is 1. The van der Waals surface area contributed by atoms with Gasteiger partial charge in [-0.1, -0.05) is 42.5 Å². The second-order valence-electron chi connectivity index (χ2n) is 7.36. The lowest BCUT2D eigenvalue weighted by Gasteiger charge is -2.35. The number of thiophene rings is 1. The van der Waals surface area contributed by atoms with Crippen LogP contribution in [0.2, 0.25) is 0 Å². The number of amides is 1. The zero-order chi connectivity index (χ0) is 19.9. The number of carbonyl (C=O) groups is 1. The fourth-order valence-corrected chi connectivity index (χ4v) is 4.47. The Bertz CT molecular complexity index is 875. The summed E-state index contributed by atoms with van der Waals surface area (Å²) in [6, 6.07) is 23.9. The highest BCUT2D eigenvalue weighted by atomic mass is 32.1. The van der Waals surface area contributed by atoms with Gasteiger partial charge in [-0.25, -0.2) is 0 Å². The first-order valence-corrected chi connectivity index (χ1v) is 11.1. The summed E-state index contributed by atoms with van der Waals surface area (Å²) in [5, 5.41) is 2.15. The number of hydrogen-bond acceptors (Lipinski definition) is 4. The molecule has 0 spiro atoms. The maximum atomic E-state index is 13.1. The molecule has 2 heterocycles. The van der Waals surface area contributed by atoms with Crippen LogP contribution in [0.1, 0.15) is 15.2 Å². The van der Waals surface area contributed by atoms with Crippen LogP contribution in [0.4, 0.5) is 5.69 Å². The molecule has 0 atom stereocenters. The van der Waals surface area contributed by atoms with Gasteiger partial charge in [-0.15, -0.1) is 11.3 Å². The largest absolute Gasteiger partial charge is 0.307 e. The Kier molecular flexibility index (Phi) is 6.72. The second-order valence-corrected chi connectivity index (χ2v) is 8.39. The predicted molar refractivity (Wildman–Crippen MR) is 121 cm³/mol. The van der Waals surface area contributed by atoms with Gasteiger partial charge in [-0.2, -0.15) is 0 Å². The molecule has 1 amide bonds. The molecule has 4 rings (SSSR count). The number of hydrogen-bond donors (Lipinski definition) is 0. The van der Waals surface area contributed by atoms with Crippen LogP contribution in [0.5, 0.6) is 0 Å². The van der Waals surface area contributed by atoms with Gasteiger partial charge in [-0.05, 0) is 35.7 Å². The van der Waals surface area contributed by atoms with E-state index in [9.17, 15) is 4.79 Å². The van der Waals surface area contributed by atoms with E-state index in [0.29, 0.717) is 6.54 Å². The molecule has 150 valence electrons. The van der Waals surface area contributed by atoms with Crippen molar-refractivity contribution >= 4 is 22.9 Å². The molecule has 1 aliphatic heterocycles. The van der Waals surface area contributed by atoms with Crippen molar-refractivity contribution in [3.05, 3.63) is 88.6 Å². The normalized spacial score (nSPS) is 15.3. The summed E-state index contributed by atoms with van der Waals surface area (Å²) in [5.74, 6) is 0.0631. The Hall–Kier alpha value is -2.47. The number of benzene rings is 2. The van der Waals surface area contributed by atoms with Crippen molar-refractivity contribution in [2.75, 3.05) is 44.2 Å². The van der Waals surface area contributed by atoms with Crippen LogP contribution in [-0.4, -0.2) is 55.0 Å². The molecule has 4 nitrogen and oxygen atoms in total. The monoisotopic (exact) mass is 405 g/mol. The minimum atomic E-state index is 0.0631. The molecule has 1 aliphatic rings. The summed E-state index contributed by atoms with van der Waals surface area (Å²) in [6.45, 7) is 6.89. The molecule has 0 radical (unpaired) electrons. The number of carbonyl (C=O) groups excluding carboxylic acids is 1. The third kappa shape index (κ3) is 5.32. The number of nitrogens with zero attached hydrogens (tertiary/aromatic N) is 3. The van der Waals surface area contributed by atoms with Crippen molar-refractivity contribution in [1.82, 2.24) is 9.80 Å². The first-order valence-electron chi connectivity index (χ1n) is 10.2. The molecular weight excluding hydrogens is 378 g/mol. The molecule has 3 aromatic rings. The SMILES string of the molecule is O=C(c1ccccc1)N(CCN1CCN(Cc2cccs2)CC1)c1ccccc1. The van der Waals surface area contributed by atoms with Crippen LogP contribution in [0.3, 0.4) is 0 Å². The Morgan fingerprint density at radius 1 is 0.828 bits per heavy atom. The fraction of sp³-hybridized carbons (Fsp3) is 0.292. The van der Waals surface area contributed by atoms with Crippen LogP contribution < -0.4 is 4.90 Å². The lowest BCUT2D eigenvalue weighted by molar-refractivity contribution is 0.0973. The van der Waals surface area contributed by atoms with Gasteiger partial charge in [0.2, 0.25) is 0 Å².